The van der Waals surface area contributed by atoms with E-state index in [2.05, 4.69) is 64.1 Å². The van der Waals surface area contributed by atoms with Crippen LogP contribution in [-0.2, 0) is 40.3 Å². The molecule has 0 saturated carbocycles. The van der Waals surface area contributed by atoms with Crippen LogP contribution in [0.1, 0.15) is 60.8 Å². The van der Waals surface area contributed by atoms with Gasteiger partial charge in [-0.3, -0.25) is 9.59 Å². The van der Waals surface area contributed by atoms with Gasteiger partial charge in [0.15, 0.2) is 0 Å². The number of carbonyl (C=O) groups is 3. The SMILES string of the molecule is O=C(N[C@H](C=C1CCN(c2ccccc2CN2CCCCCC2=O)CC1)Cc1ccc(Cl)cc1)[C@H]1Cc2ccccc2CN1.O=C(O)C(F)(F)F. The minimum atomic E-state index is -5.08. The van der Waals surface area contributed by atoms with E-state index < -0.39 is 12.1 Å². The number of aliphatic carboxylic acids is 1. The highest BCUT2D eigenvalue weighted by Gasteiger charge is 2.38. The van der Waals surface area contributed by atoms with E-state index in [1.807, 2.05) is 35.2 Å². The minimum Gasteiger partial charge on any atom is -0.475 e. The predicted molar refractivity (Wildman–Crippen MR) is 191 cm³/mol. The largest absolute Gasteiger partial charge is 0.490 e. The van der Waals surface area contributed by atoms with E-state index in [1.165, 1.54) is 28.0 Å². The second-order valence-electron chi connectivity index (χ2n) is 13.2. The van der Waals surface area contributed by atoms with Crippen LogP contribution in [0.5, 0.6) is 0 Å². The van der Waals surface area contributed by atoms with E-state index in [0.29, 0.717) is 37.4 Å². The third-order valence-electron chi connectivity index (χ3n) is 9.54. The van der Waals surface area contributed by atoms with E-state index in [9.17, 15) is 22.8 Å². The Morgan fingerprint density at radius 3 is 2.29 bits per heavy atom. The van der Waals surface area contributed by atoms with Gasteiger partial charge in [0, 0.05) is 49.9 Å². The third-order valence-corrected chi connectivity index (χ3v) is 9.80. The number of anilines is 1. The molecule has 12 heteroatoms. The van der Waals surface area contributed by atoms with Crippen LogP contribution < -0.4 is 15.5 Å². The Kier molecular flexibility index (Phi) is 13.2. The molecule has 2 atom stereocenters. The number of piperidine rings is 1. The lowest BCUT2D eigenvalue weighted by molar-refractivity contribution is -0.192. The number of nitrogens with zero attached hydrogens (tertiary/aromatic N) is 2. The number of fused-ring (bicyclic) bond motifs is 1. The average molecular weight is 725 g/mol. The summed E-state index contributed by atoms with van der Waals surface area (Å²) in [5, 5.41) is 14.6. The maximum Gasteiger partial charge on any atom is 0.490 e. The van der Waals surface area contributed by atoms with Crippen molar-refractivity contribution >= 4 is 35.1 Å². The number of carboxylic acids is 1. The van der Waals surface area contributed by atoms with Crippen LogP contribution in [0.15, 0.2) is 84.4 Å². The minimum absolute atomic E-state index is 0.0461. The first-order valence-corrected chi connectivity index (χ1v) is 17.8. The Labute approximate surface area is 301 Å². The van der Waals surface area contributed by atoms with Gasteiger partial charge in [-0.1, -0.05) is 84.3 Å². The Morgan fingerprint density at radius 2 is 1.59 bits per heavy atom. The van der Waals surface area contributed by atoms with Crippen molar-refractivity contribution < 1.29 is 32.7 Å². The number of benzene rings is 3. The van der Waals surface area contributed by atoms with Crippen molar-refractivity contribution in [2.24, 2.45) is 0 Å². The van der Waals surface area contributed by atoms with Crippen LogP contribution in [0.2, 0.25) is 5.02 Å². The number of para-hydroxylation sites is 1. The Bertz CT molecular complexity index is 1690. The van der Waals surface area contributed by atoms with E-state index in [0.717, 1.165) is 57.3 Å². The van der Waals surface area contributed by atoms with Crippen LogP contribution in [-0.4, -0.2) is 65.7 Å². The first-order chi connectivity index (χ1) is 24.5. The monoisotopic (exact) mass is 724 g/mol. The van der Waals surface area contributed by atoms with Crippen molar-refractivity contribution in [1.82, 2.24) is 15.5 Å². The van der Waals surface area contributed by atoms with Crippen molar-refractivity contribution in [2.45, 2.75) is 82.7 Å². The summed E-state index contributed by atoms with van der Waals surface area (Å²) in [6, 6.07) is 24.5. The number of hydrogen-bond donors (Lipinski definition) is 3. The van der Waals surface area contributed by atoms with E-state index >= 15 is 0 Å². The van der Waals surface area contributed by atoms with Gasteiger partial charge < -0.3 is 25.5 Å². The second-order valence-corrected chi connectivity index (χ2v) is 13.7. The second kappa shape index (κ2) is 17.7. The fourth-order valence-corrected chi connectivity index (χ4v) is 6.93. The summed E-state index contributed by atoms with van der Waals surface area (Å²) in [6.07, 6.45) is 4.40. The fraction of sp³-hybridized carbons (Fsp3) is 0.410. The molecule has 51 heavy (non-hydrogen) atoms. The van der Waals surface area contributed by atoms with Crippen LogP contribution in [0.4, 0.5) is 18.9 Å². The smallest absolute Gasteiger partial charge is 0.475 e. The number of halogens is 4. The van der Waals surface area contributed by atoms with Crippen molar-refractivity contribution in [3.8, 4) is 0 Å². The van der Waals surface area contributed by atoms with Crippen molar-refractivity contribution in [3.63, 3.8) is 0 Å². The molecule has 3 aliphatic rings. The molecule has 3 N–H and O–H groups in total. The lowest BCUT2D eigenvalue weighted by Gasteiger charge is -2.34. The molecule has 3 aromatic carbocycles. The highest BCUT2D eigenvalue weighted by molar-refractivity contribution is 6.30. The van der Waals surface area contributed by atoms with Gasteiger partial charge in [0.05, 0.1) is 12.1 Å². The number of hydrogen-bond acceptors (Lipinski definition) is 5. The van der Waals surface area contributed by atoms with Crippen LogP contribution in [0.25, 0.3) is 0 Å². The number of carboxylic acid groups (broad SMARTS) is 1. The van der Waals surface area contributed by atoms with Crippen LogP contribution in [0, 0.1) is 0 Å². The number of likely N-dealkylation sites (tertiary alicyclic amines) is 1. The lowest BCUT2D eigenvalue weighted by atomic mass is 9.94. The topological polar surface area (TPSA) is 102 Å². The average Bonchev–Trinajstić information content (AvgIpc) is 3.32. The van der Waals surface area contributed by atoms with E-state index in [4.69, 9.17) is 21.5 Å². The molecule has 3 aromatic rings. The predicted octanol–water partition coefficient (Wildman–Crippen LogP) is 6.84. The number of amides is 2. The molecule has 2 fully saturated rings. The van der Waals surface area contributed by atoms with Crippen molar-refractivity contribution in [2.75, 3.05) is 24.5 Å². The summed E-state index contributed by atoms with van der Waals surface area (Å²) in [5.74, 6) is -2.43. The Hall–Kier alpha value is -4.35. The van der Waals surface area contributed by atoms with Gasteiger partial charge >= 0.3 is 12.1 Å². The lowest BCUT2D eigenvalue weighted by Crippen LogP contribution is -2.50. The third kappa shape index (κ3) is 11.1. The van der Waals surface area contributed by atoms with Crippen molar-refractivity contribution in [1.29, 1.82) is 0 Å². The number of carbonyl (C=O) groups excluding carboxylic acids is 2. The maximum atomic E-state index is 13.5. The zero-order valence-corrected chi connectivity index (χ0v) is 29.2. The number of nitrogens with one attached hydrogen (secondary N) is 2. The zero-order valence-electron chi connectivity index (χ0n) is 28.4. The molecule has 0 spiro atoms. The van der Waals surface area contributed by atoms with Crippen LogP contribution >= 0.6 is 11.6 Å². The maximum absolute atomic E-state index is 13.5. The summed E-state index contributed by atoms with van der Waals surface area (Å²) in [5.41, 5.74) is 7.49. The standard InChI is InChI=1S/C37H43ClN4O2.C2HF3O2/c38-32-15-13-27(14-16-32)22-33(40-37(44)34-24-29-8-3-4-9-30(29)25-39-34)23-28-17-20-41(21-18-28)35-11-6-5-10-31(35)26-42-19-7-1-2-12-36(42)43;3-2(4,5)1(6)7/h3-6,8-11,13-16,23,33-34,39H,1-2,7,12,17-22,24-26H2,(H,40,44);(H,6,7)/t33-,34+;/m0./s1. The molecule has 0 bridgehead atoms. The summed E-state index contributed by atoms with van der Waals surface area (Å²) >= 11 is 6.16. The molecule has 2 saturated heterocycles. The van der Waals surface area contributed by atoms with Gasteiger partial charge in [0.25, 0.3) is 0 Å². The molecule has 3 aliphatic heterocycles. The molecular formula is C39H44ClF3N4O4. The van der Waals surface area contributed by atoms with Gasteiger partial charge in [-0.2, -0.15) is 13.2 Å². The van der Waals surface area contributed by atoms with Gasteiger partial charge in [0.1, 0.15) is 0 Å². The molecule has 8 nitrogen and oxygen atoms in total. The first-order valence-electron chi connectivity index (χ1n) is 17.4. The Balaban J connectivity index is 0.000000654. The summed E-state index contributed by atoms with van der Waals surface area (Å²) < 4.78 is 31.7. The van der Waals surface area contributed by atoms with Gasteiger partial charge in [-0.05, 0) is 79.0 Å². The molecule has 0 radical (unpaired) electrons. The van der Waals surface area contributed by atoms with E-state index in [-0.39, 0.29) is 23.9 Å². The quantitative estimate of drug-likeness (QED) is 0.220. The molecule has 0 unspecified atom stereocenters. The summed E-state index contributed by atoms with van der Waals surface area (Å²) in [7, 11) is 0. The summed E-state index contributed by atoms with van der Waals surface area (Å²) in [4.78, 5) is 39.6. The van der Waals surface area contributed by atoms with E-state index in [1.54, 1.807) is 0 Å². The number of alkyl halides is 3. The zero-order chi connectivity index (χ0) is 36.4. The Morgan fingerprint density at radius 1 is 0.922 bits per heavy atom. The molecular weight excluding hydrogens is 681 g/mol. The molecule has 272 valence electrons. The van der Waals surface area contributed by atoms with Crippen molar-refractivity contribution in [3.05, 3.63) is 112 Å². The molecule has 6 rings (SSSR count). The molecule has 3 heterocycles. The highest BCUT2D eigenvalue weighted by Crippen LogP contribution is 2.29. The van der Waals surface area contributed by atoms with Gasteiger partial charge in [-0.15, -0.1) is 0 Å². The summed E-state index contributed by atoms with van der Waals surface area (Å²) in [6.45, 7) is 4.08. The highest BCUT2D eigenvalue weighted by atomic mass is 35.5. The van der Waals surface area contributed by atoms with Gasteiger partial charge in [0.2, 0.25) is 11.8 Å². The molecule has 2 amide bonds. The molecule has 0 aliphatic carbocycles. The number of rotatable bonds is 8. The van der Waals surface area contributed by atoms with Gasteiger partial charge in [-0.25, -0.2) is 4.79 Å². The molecule has 0 aromatic heterocycles. The first kappa shape index (κ1) is 37.9. The fourth-order valence-electron chi connectivity index (χ4n) is 6.80. The normalized spacial score (nSPS) is 18.5. The van der Waals surface area contributed by atoms with Crippen LogP contribution in [0.3, 0.4) is 0 Å².